The molecule has 5 nitrogen and oxygen atoms in total. The molecule has 0 unspecified atom stereocenters. The van der Waals surface area contributed by atoms with E-state index in [1.807, 2.05) is 5.38 Å². The summed E-state index contributed by atoms with van der Waals surface area (Å²) in [5, 5.41) is 12.3. The van der Waals surface area contributed by atoms with Gasteiger partial charge in [0.2, 0.25) is 0 Å². The molecular formula is C16H15N3O2S. The topological polar surface area (TPSA) is 56.7 Å². The lowest BCUT2D eigenvalue weighted by Gasteiger charge is -2.33. The van der Waals surface area contributed by atoms with Crippen LogP contribution < -0.4 is 4.90 Å². The van der Waals surface area contributed by atoms with E-state index < -0.39 is 0 Å². The molecule has 0 aliphatic carbocycles. The summed E-state index contributed by atoms with van der Waals surface area (Å²) < 4.78 is 0. The maximum Gasteiger partial charge on any atom is 0.298 e. The first-order valence-corrected chi connectivity index (χ1v) is 7.85. The second-order valence-corrected chi connectivity index (χ2v) is 5.77. The molecule has 1 aliphatic rings. The lowest BCUT2D eigenvalue weighted by Crippen LogP contribution is -2.48. The van der Waals surface area contributed by atoms with Gasteiger partial charge in [-0.25, -0.2) is 4.98 Å². The number of piperazine rings is 1. The summed E-state index contributed by atoms with van der Waals surface area (Å²) in [5.74, 6) is 5.41. The highest BCUT2D eigenvalue weighted by atomic mass is 32.1. The number of anilines is 1. The number of carbonyl (C=O) groups excluding carboxylic acids is 1. The van der Waals surface area contributed by atoms with E-state index in [0.717, 1.165) is 18.2 Å². The normalized spacial score (nSPS) is 14.4. The Bertz CT molecular complexity index is 710. The number of amides is 1. The highest BCUT2D eigenvalue weighted by Crippen LogP contribution is 2.18. The molecule has 0 bridgehead atoms. The van der Waals surface area contributed by atoms with Crippen molar-refractivity contribution >= 4 is 22.4 Å². The number of aromatic nitrogens is 1. The van der Waals surface area contributed by atoms with Crippen LogP contribution in [0.2, 0.25) is 0 Å². The zero-order chi connectivity index (χ0) is 15.4. The molecule has 0 saturated carbocycles. The van der Waals surface area contributed by atoms with Crippen LogP contribution in [0.1, 0.15) is 5.56 Å². The van der Waals surface area contributed by atoms with Gasteiger partial charge >= 0.3 is 0 Å². The number of thiazole rings is 1. The zero-order valence-electron chi connectivity index (χ0n) is 11.9. The van der Waals surface area contributed by atoms with E-state index >= 15 is 0 Å². The van der Waals surface area contributed by atoms with Gasteiger partial charge in [0, 0.05) is 49.2 Å². The van der Waals surface area contributed by atoms with E-state index in [2.05, 4.69) is 21.7 Å². The molecule has 112 valence electrons. The second kappa shape index (κ2) is 6.50. The number of hydrogen-bond acceptors (Lipinski definition) is 5. The molecule has 1 aliphatic heterocycles. The first-order valence-electron chi connectivity index (χ1n) is 6.97. The molecule has 1 aromatic heterocycles. The molecular weight excluding hydrogens is 298 g/mol. The third kappa shape index (κ3) is 3.38. The lowest BCUT2D eigenvalue weighted by atomic mass is 10.2. The van der Waals surface area contributed by atoms with Gasteiger partial charge < -0.3 is 14.9 Å². The number of benzene rings is 1. The Morgan fingerprint density at radius 3 is 2.77 bits per heavy atom. The van der Waals surface area contributed by atoms with Crippen molar-refractivity contribution in [2.45, 2.75) is 0 Å². The van der Waals surface area contributed by atoms with Crippen LogP contribution in [0, 0.1) is 11.8 Å². The van der Waals surface area contributed by atoms with Gasteiger partial charge in [-0.05, 0) is 18.2 Å². The average molecular weight is 313 g/mol. The van der Waals surface area contributed by atoms with Crippen molar-refractivity contribution in [2.24, 2.45) is 0 Å². The predicted octanol–water partition coefficient (Wildman–Crippen LogP) is 1.55. The number of carbonyl (C=O) groups is 1. The molecule has 2 heterocycles. The Morgan fingerprint density at radius 2 is 2.09 bits per heavy atom. The number of hydrogen-bond donors (Lipinski definition) is 1. The van der Waals surface area contributed by atoms with E-state index in [0.29, 0.717) is 18.7 Å². The summed E-state index contributed by atoms with van der Waals surface area (Å²) in [6.45, 7) is 2.83. The maximum atomic E-state index is 12.1. The third-order valence-corrected chi connectivity index (χ3v) is 4.25. The van der Waals surface area contributed by atoms with Crippen LogP contribution in [-0.4, -0.2) is 47.1 Å². The fraction of sp³-hybridized carbons (Fsp3) is 0.250. The highest BCUT2D eigenvalue weighted by Gasteiger charge is 2.21. The largest absolute Gasteiger partial charge is 0.508 e. The molecule has 2 aromatic rings. The van der Waals surface area contributed by atoms with Gasteiger partial charge in [0.15, 0.2) is 5.13 Å². The predicted molar refractivity (Wildman–Crippen MR) is 85.9 cm³/mol. The summed E-state index contributed by atoms with van der Waals surface area (Å²) in [7, 11) is 0. The smallest absolute Gasteiger partial charge is 0.298 e. The standard InChI is InChI=1S/C16H15N3O2S/c20-14-3-1-2-13(12-14)4-5-15(21)18-7-9-19(10-8-18)16-17-6-11-22-16/h1-3,6,11-12,20H,7-10H2. The lowest BCUT2D eigenvalue weighted by molar-refractivity contribution is -0.125. The van der Waals surface area contributed by atoms with Crippen molar-refractivity contribution in [1.29, 1.82) is 0 Å². The van der Waals surface area contributed by atoms with E-state index in [9.17, 15) is 9.90 Å². The van der Waals surface area contributed by atoms with Crippen LogP contribution in [0.4, 0.5) is 5.13 Å². The van der Waals surface area contributed by atoms with Gasteiger partial charge in [0.1, 0.15) is 5.75 Å². The quantitative estimate of drug-likeness (QED) is 0.812. The second-order valence-electron chi connectivity index (χ2n) is 4.89. The molecule has 22 heavy (non-hydrogen) atoms. The van der Waals surface area contributed by atoms with Crippen LogP contribution in [0.5, 0.6) is 5.75 Å². The Hall–Kier alpha value is -2.52. The molecule has 0 atom stereocenters. The average Bonchev–Trinajstić information content (AvgIpc) is 3.07. The summed E-state index contributed by atoms with van der Waals surface area (Å²) in [6.07, 6.45) is 1.79. The van der Waals surface area contributed by atoms with Gasteiger partial charge in [-0.1, -0.05) is 12.0 Å². The SMILES string of the molecule is O=C(C#Cc1cccc(O)c1)N1CCN(c2nccs2)CC1. The van der Waals surface area contributed by atoms with E-state index in [1.165, 1.54) is 0 Å². The number of nitrogens with zero attached hydrogens (tertiary/aromatic N) is 3. The van der Waals surface area contributed by atoms with Crippen LogP contribution in [0.3, 0.4) is 0 Å². The minimum Gasteiger partial charge on any atom is -0.508 e. The zero-order valence-corrected chi connectivity index (χ0v) is 12.7. The highest BCUT2D eigenvalue weighted by molar-refractivity contribution is 7.13. The van der Waals surface area contributed by atoms with Crippen molar-refractivity contribution in [3.05, 3.63) is 41.4 Å². The van der Waals surface area contributed by atoms with Gasteiger partial charge in [-0.3, -0.25) is 4.79 Å². The van der Waals surface area contributed by atoms with Crippen LogP contribution in [-0.2, 0) is 4.79 Å². The van der Waals surface area contributed by atoms with Crippen LogP contribution in [0.15, 0.2) is 35.8 Å². The minimum absolute atomic E-state index is 0.149. The molecule has 6 heteroatoms. The molecule has 1 saturated heterocycles. The number of phenols is 1. The van der Waals surface area contributed by atoms with E-state index in [1.54, 1.807) is 46.7 Å². The first kappa shape index (κ1) is 14.4. The van der Waals surface area contributed by atoms with Crippen LogP contribution in [0.25, 0.3) is 0 Å². The van der Waals surface area contributed by atoms with Gasteiger partial charge in [-0.15, -0.1) is 11.3 Å². The fourth-order valence-electron chi connectivity index (χ4n) is 2.26. The summed E-state index contributed by atoms with van der Waals surface area (Å²) >= 11 is 1.61. The molecule has 1 fully saturated rings. The fourth-order valence-corrected chi connectivity index (χ4v) is 2.96. The van der Waals surface area contributed by atoms with Gasteiger partial charge in [0.05, 0.1) is 0 Å². The number of rotatable bonds is 1. The Kier molecular flexibility index (Phi) is 4.26. The number of phenolic OH excluding ortho intramolecular Hbond substituents is 1. The van der Waals surface area contributed by atoms with Crippen molar-refractivity contribution in [3.63, 3.8) is 0 Å². The third-order valence-electron chi connectivity index (χ3n) is 3.42. The van der Waals surface area contributed by atoms with Crippen molar-refractivity contribution in [3.8, 4) is 17.6 Å². The molecule has 1 amide bonds. The molecule has 0 spiro atoms. The molecule has 1 aromatic carbocycles. The monoisotopic (exact) mass is 313 g/mol. The Morgan fingerprint density at radius 1 is 1.27 bits per heavy atom. The summed E-state index contributed by atoms with van der Waals surface area (Å²) in [6, 6.07) is 6.59. The first-order chi connectivity index (χ1) is 10.7. The number of aromatic hydroxyl groups is 1. The van der Waals surface area contributed by atoms with E-state index in [-0.39, 0.29) is 11.7 Å². The molecule has 3 rings (SSSR count). The minimum atomic E-state index is -0.179. The van der Waals surface area contributed by atoms with Crippen molar-refractivity contribution in [2.75, 3.05) is 31.1 Å². The van der Waals surface area contributed by atoms with Gasteiger partial charge in [0.25, 0.3) is 5.91 Å². The molecule has 1 N–H and O–H groups in total. The van der Waals surface area contributed by atoms with E-state index in [4.69, 9.17) is 0 Å². The van der Waals surface area contributed by atoms with Gasteiger partial charge in [-0.2, -0.15) is 0 Å². The maximum absolute atomic E-state index is 12.1. The Balaban J connectivity index is 1.59. The van der Waals surface area contributed by atoms with Crippen LogP contribution >= 0.6 is 11.3 Å². The van der Waals surface area contributed by atoms with Crippen molar-refractivity contribution < 1.29 is 9.90 Å². The Labute approximate surface area is 132 Å². The summed E-state index contributed by atoms with van der Waals surface area (Å²) in [5.41, 5.74) is 0.634. The summed E-state index contributed by atoms with van der Waals surface area (Å²) in [4.78, 5) is 20.3. The van der Waals surface area contributed by atoms with Crippen molar-refractivity contribution in [1.82, 2.24) is 9.88 Å². The molecule has 0 radical (unpaired) electrons.